The Hall–Kier alpha value is -1.02. The van der Waals surface area contributed by atoms with E-state index in [-0.39, 0.29) is 0 Å². The maximum absolute atomic E-state index is 11.7. The first kappa shape index (κ1) is 10.1. The molecule has 13 heavy (non-hydrogen) atoms. The van der Waals surface area contributed by atoms with Gasteiger partial charge in [-0.1, -0.05) is 0 Å². The van der Waals surface area contributed by atoms with Crippen LogP contribution in [0.1, 0.15) is 0 Å². The van der Waals surface area contributed by atoms with Crippen molar-refractivity contribution in [2.45, 2.75) is 0 Å². The Bertz CT molecular complexity index is 359. The predicted octanol–water partition coefficient (Wildman–Crippen LogP) is 0.920. The molecule has 0 saturated carbocycles. The van der Waals surface area contributed by atoms with Gasteiger partial charge in [-0.3, -0.25) is 0 Å². The molecule has 0 radical (unpaired) electrons. The second-order valence-corrected chi connectivity index (χ2v) is 6.30. The van der Waals surface area contributed by atoms with Crippen LogP contribution in [0.4, 0.5) is 5.82 Å². The molecule has 0 spiro atoms. The van der Waals surface area contributed by atoms with E-state index in [0.29, 0.717) is 17.0 Å². The van der Waals surface area contributed by atoms with Crippen LogP contribution in [-0.2, 0) is 4.57 Å². The van der Waals surface area contributed by atoms with Crippen molar-refractivity contribution in [3.63, 3.8) is 0 Å². The number of hydrogen-bond acceptors (Lipinski definition) is 4. The molecule has 5 heteroatoms. The fourth-order valence-corrected chi connectivity index (χ4v) is 1.70. The maximum atomic E-state index is 11.7. The zero-order chi connectivity index (χ0) is 10.1. The number of hydrogen-bond donors (Lipinski definition) is 1. The number of rotatable bonds is 2. The minimum atomic E-state index is -2.36. The zero-order valence-corrected chi connectivity index (χ0v) is 8.84. The lowest BCUT2D eigenvalue weighted by molar-refractivity contribution is 0.415. The van der Waals surface area contributed by atoms with Gasteiger partial charge in [0.15, 0.2) is 0 Å². The lowest BCUT2D eigenvalue weighted by atomic mass is 10.4. The largest absolute Gasteiger partial charge is 0.497 e. The molecule has 0 aromatic carbocycles. The van der Waals surface area contributed by atoms with Crippen LogP contribution < -0.4 is 15.9 Å². The van der Waals surface area contributed by atoms with Gasteiger partial charge in [-0.15, -0.1) is 0 Å². The lowest BCUT2D eigenvalue weighted by Crippen LogP contribution is -2.11. The molecule has 1 heterocycles. The Morgan fingerprint density at radius 3 is 2.54 bits per heavy atom. The van der Waals surface area contributed by atoms with Crippen LogP contribution >= 0.6 is 7.14 Å². The van der Waals surface area contributed by atoms with Crippen LogP contribution in [0, 0.1) is 0 Å². The summed E-state index contributed by atoms with van der Waals surface area (Å²) in [6.45, 7) is 3.29. The molecule has 0 bridgehead atoms. The monoisotopic (exact) mass is 200 g/mol. The predicted molar refractivity (Wildman–Crippen MR) is 54.3 cm³/mol. The van der Waals surface area contributed by atoms with Gasteiger partial charge in [-0.05, 0) is 13.3 Å². The topological polar surface area (TPSA) is 65.2 Å². The molecule has 0 amide bonds. The molecule has 4 nitrogen and oxygen atoms in total. The molecule has 0 fully saturated rings. The highest BCUT2D eigenvalue weighted by atomic mass is 31.2. The summed E-state index contributed by atoms with van der Waals surface area (Å²) in [4.78, 5) is 3.99. The summed E-state index contributed by atoms with van der Waals surface area (Å²) in [7, 11) is -0.820. The van der Waals surface area contributed by atoms with E-state index >= 15 is 0 Å². The lowest BCUT2D eigenvalue weighted by Gasteiger charge is -2.08. The Morgan fingerprint density at radius 1 is 1.46 bits per heavy atom. The van der Waals surface area contributed by atoms with Crippen LogP contribution in [0.2, 0.25) is 0 Å². The Labute approximate surface area is 77.5 Å². The van der Waals surface area contributed by atoms with Gasteiger partial charge in [0.05, 0.1) is 7.11 Å². The number of anilines is 1. The highest BCUT2D eigenvalue weighted by Gasteiger charge is 2.14. The van der Waals surface area contributed by atoms with Gasteiger partial charge in [0, 0.05) is 12.1 Å². The van der Waals surface area contributed by atoms with Crippen molar-refractivity contribution in [3.05, 3.63) is 12.1 Å². The van der Waals surface area contributed by atoms with Crippen LogP contribution in [0.5, 0.6) is 5.75 Å². The highest BCUT2D eigenvalue weighted by Crippen LogP contribution is 2.34. The van der Waals surface area contributed by atoms with E-state index in [0.717, 1.165) is 0 Å². The van der Waals surface area contributed by atoms with Crippen LogP contribution in [-0.4, -0.2) is 25.4 Å². The molecule has 0 saturated heterocycles. The van der Waals surface area contributed by atoms with Crippen LogP contribution in [0.25, 0.3) is 0 Å². The minimum absolute atomic E-state index is 0.332. The van der Waals surface area contributed by atoms with Crippen molar-refractivity contribution in [1.29, 1.82) is 0 Å². The van der Waals surface area contributed by atoms with E-state index < -0.39 is 7.14 Å². The third-order valence-corrected chi connectivity index (χ3v) is 2.93. The SMILES string of the molecule is COc1cc(N)nc(P(C)(C)=O)c1. The summed E-state index contributed by atoms with van der Waals surface area (Å²) in [5.41, 5.74) is 6.02. The first-order valence-electron chi connectivity index (χ1n) is 3.80. The smallest absolute Gasteiger partial charge is 0.127 e. The van der Waals surface area contributed by atoms with Crippen molar-refractivity contribution < 1.29 is 9.30 Å². The molecule has 0 atom stereocenters. The van der Waals surface area contributed by atoms with Crippen LogP contribution in [0.15, 0.2) is 12.1 Å². The van der Waals surface area contributed by atoms with Gasteiger partial charge in [0.1, 0.15) is 24.1 Å². The Morgan fingerprint density at radius 2 is 2.08 bits per heavy atom. The molecule has 0 unspecified atom stereocenters. The van der Waals surface area contributed by atoms with Gasteiger partial charge >= 0.3 is 0 Å². The van der Waals surface area contributed by atoms with E-state index in [4.69, 9.17) is 10.5 Å². The number of nitrogen functional groups attached to an aromatic ring is 1. The number of pyridine rings is 1. The van der Waals surface area contributed by atoms with E-state index in [1.165, 1.54) is 7.11 Å². The van der Waals surface area contributed by atoms with Crippen molar-refractivity contribution in [2.24, 2.45) is 0 Å². The summed E-state index contributed by atoms with van der Waals surface area (Å²) < 4.78 is 16.7. The minimum Gasteiger partial charge on any atom is -0.497 e. The fraction of sp³-hybridized carbons (Fsp3) is 0.375. The number of nitrogens with two attached hydrogens (primary N) is 1. The summed E-state index contributed by atoms with van der Waals surface area (Å²) in [5.74, 6) is 0.921. The molecule has 1 rings (SSSR count). The maximum Gasteiger partial charge on any atom is 0.127 e. The van der Waals surface area contributed by atoms with Crippen molar-refractivity contribution >= 4 is 18.4 Å². The first-order valence-corrected chi connectivity index (χ1v) is 6.40. The van der Waals surface area contributed by atoms with E-state index in [1.807, 2.05) is 0 Å². The molecule has 0 aliphatic carbocycles. The number of aromatic nitrogens is 1. The molecule has 0 aliphatic heterocycles. The second-order valence-electron chi connectivity index (χ2n) is 3.14. The fourth-order valence-electron chi connectivity index (χ4n) is 0.905. The second kappa shape index (κ2) is 3.38. The molecular formula is C8H13N2O2P. The third kappa shape index (κ3) is 2.46. The number of ether oxygens (including phenoxy) is 1. The average Bonchev–Trinajstić information content (AvgIpc) is 2.01. The quantitative estimate of drug-likeness (QED) is 0.721. The van der Waals surface area contributed by atoms with Gasteiger partial charge in [-0.2, -0.15) is 0 Å². The highest BCUT2D eigenvalue weighted by molar-refractivity contribution is 7.69. The number of methoxy groups -OCH3 is 1. The summed E-state index contributed by atoms with van der Waals surface area (Å²) in [5, 5.41) is 0. The van der Waals surface area contributed by atoms with Crippen molar-refractivity contribution in [2.75, 3.05) is 26.2 Å². The summed E-state index contributed by atoms with van der Waals surface area (Å²) >= 11 is 0. The standard InChI is InChI=1S/C8H13N2O2P/c1-12-6-4-7(9)10-8(5-6)13(2,3)11/h4-5H,1-3H3,(H2,9,10). The molecule has 1 aromatic heterocycles. The normalized spacial score (nSPS) is 11.3. The molecule has 0 aliphatic rings. The van der Waals surface area contributed by atoms with E-state index in [9.17, 15) is 4.57 Å². The zero-order valence-electron chi connectivity index (χ0n) is 7.94. The third-order valence-electron chi connectivity index (χ3n) is 1.59. The molecular weight excluding hydrogens is 187 g/mol. The van der Waals surface area contributed by atoms with E-state index in [2.05, 4.69) is 4.98 Å². The summed E-state index contributed by atoms with van der Waals surface area (Å²) in [6, 6.07) is 3.25. The van der Waals surface area contributed by atoms with Gasteiger partial charge in [-0.25, -0.2) is 4.98 Å². The average molecular weight is 200 g/mol. The molecule has 72 valence electrons. The number of nitrogens with zero attached hydrogens (tertiary/aromatic N) is 1. The van der Waals surface area contributed by atoms with Gasteiger partial charge < -0.3 is 15.0 Å². The summed E-state index contributed by atoms with van der Waals surface area (Å²) in [6.07, 6.45) is 0. The van der Waals surface area contributed by atoms with Crippen molar-refractivity contribution in [3.8, 4) is 5.75 Å². The van der Waals surface area contributed by atoms with Crippen LogP contribution in [0.3, 0.4) is 0 Å². The molecule has 1 aromatic rings. The molecule has 2 N–H and O–H groups in total. The first-order chi connectivity index (χ1) is 5.93. The van der Waals surface area contributed by atoms with E-state index in [1.54, 1.807) is 25.5 Å². The Balaban J connectivity index is 3.24. The Kier molecular flexibility index (Phi) is 2.62. The van der Waals surface area contributed by atoms with Gasteiger partial charge in [0.2, 0.25) is 0 Å². The van der Waals surface area contributed by atoms with Gasteiger partial charge in [0.25, 0.3) is 0 Å². The van der Waals surface area contributed by atoms with Crippen molar-refractivity contribution in [1.82, 2.24) is 4.98 Å².